The van der Waals surface area contributed by atoms with Crippen molar-refractivity contribution in [3.63, 3.8) is 0 Å². The second-order valence-corrected chi connectivity index (χ2v) is 6.38. The van der Waals surface area contributed by atoms with Gasteiger partial charge in [0.25, 0.3) is 0 Å². The monoisotopic (exact) mass is 269 g/mol. The molecule has 2 N–H and O–H groups in total. The van der Waals surface area contributed by atoms with Gasteiger partial charge in [-0.15, -0.1) is 0 Å². The molecule has 3 atom stereocenters. The minimum absolute atomic E-state index is 0.187. The van der Waals surface area contributed by atoms with Gasteiger partial charge < -0.3 is 5.73 Å². The summed E-state index contributed by atoms with van der Waals surface area (Å²) in [5, 5.41) is 0.492. The largest absolute Gasteiger partial charge is 0.325 e. The zero-order valence-electron chi connectivity index (χ0n) is 11.0. The summed E-state index contributed by atoms with van der Waals surface area (Å²) in [6.07, 6.45) is 3.94. The Hall–Kier alpha value is -0.600. The van der Waals surface area contributed by atoms with Crippen LogP contribution in [0.15, 0.2) is 18.2 Å². The van der Waals surface area contributed by atoms with Crippen LogP contribution >= 0.6 is 11.6 Å². The van der Waals surface area contributed by atoms with E-state index in [4.69, 9.17) is 17.3 Å². The van der Waals surface area contributed by atoms with Crippen LogP contribution in [0.2, 0.25) is 5.02 Å². The van der Waals surface area contributed by atoms with Crippen LogP contribution in [-0.2, 0) is 6.42 Å². The van der Waals surface area contributed by atoms with Gasteiger partial charge in [-0.05, 0) is 55.2 Å². The van der Waals surface area contributed by atoms with Gasteiger partial charge in [0.2, 0.25) is 0 Å². The molecular weight excluding hydrogens is 249 g/mol. The van der Waals surface area contributed by atoms with E-state index in [2.05, 4.69) is 13.8 Å². The van der Waals surface area contributed by atoms with Crippen LogP contribution in [-0.4, -0.2) is 5.54 Å². The maximum Gasteiger partial charge on any atom is 0.124 e. The standard InChI is InChI=1S/C15H21ClFN/c1-10-5-6-15(18,8-11(10)2)9-12-3-4-13(17)7-14(12)16/h3-4,7,10-11H,5-6,8-9,18H2,1-2H3. The molecule has 1 nitrogen and oxygen atoms in total. The van der Waals surface area contributed by atoms with E-state index < -0.39 is 0 Å². The highest BCUT2D eigenvalue weighted by molar-refractivity contribution is 6.31. The van der Waals surface area contributed by atoms with Crippen molar-refractivity contribution in [1.29, 1.82) is 0 Å². The van der Waals surface area contributed by atoms with Crippen molar-refractivity contribution in [2.45, 2.75) is 45.1 Å². The van der Waals surface area contributed by atoms with Crippen molar-refractivity contribution >= 4 is 11.6 Å². The quantitative estimate of drug-likeness (QED) is 0.857. The maximum absolute atomic E-state index is 13.0. The van der Waals surface area contributed by atoms with Crippen LogP contribution in [0.4, 0.5) is 4.39 Å². The molecule has 1 aliphatic rings. The summed E-state index contributed by atoms with van der Waals surface area (Å²) in [6, 6.07) is 4.59. The summed E-state index contributed by atoms with van der Waals surface area (Å²) in [6.45, 7) is 4.55. The first-order valence-corrected chi connectivity index (χ1v) is 7.00. The van der Waals surface area contributed by atoms with Crippen LogP contribution in [0, 0.1) is 17.7 Å². The van der Waals surface area contributed by atoms with Crippen molar-refractivity contribution in [3.8, 4) is 0 Å². The summed E-state index contributed by atoms with van der Waals surface area (Å²) >= 11 is 6.08. The Labute approximate surface area is 114 Å². The SMILES string of the molecule is CC1CCC(N)(Cc2ccc(F)cc2Cl)CC1C. The first-order valence-electron chi connectivity index (χ1n) is 6.62. The normalized spacial score (nSPS) is 32.5. The molecule has 0 heterocycles. The van der Waals surface area contributed by atoms with Crippen molar-refractivity contribution in [2.75, 3.05) is 0 Å². The van der Waals surface area contributed by atoms with E-state index in [9.17, 15) is 4.39 Å². The Morgan fingerprint density at radius 1 is 1.39 bits per heavy atom. The van der Waals surface area contributed by atoms with Crippen LogP contribution in [0.5, 0.6) is 0 Å². The van der Waals surface area contributed by atoms with Gasteiger partial charge in [0.05, 0.1) is 0 Å². The van der Waals surface area contributed by atoms with Gasteiger partial charge >= 0.3 is 0 Å². The zero-order chi connectivity index (χ0) is 13.3. The Balaban J connectivity index is 2.13. The topological polar surface area (TPSA) is 26.0 Å². The number of nitrogens with two attached hydrogens (primary N) is 1. The number of rotatable bonds is 2. The molecule has 0 aromatic heterocycles. The highest BCUT2D eigenvalue weighted by atomic mass is 35.5. The van der Waals surface area contributed by atoms with E-state index in [1.807, 2.05) is 0 Å². The molecule has 0 aliphatic heterocycles. The average Bonchev–Trinajstić information content (AvgIpc) is 2.28. The maximum atomic E-state index is 13.0. The fourth-order valence-corrected chi connectivity index (χ4v) is 3.18. The Bertz CT molecular complexity index is 435. The summed E-state index contributed by atoms with van der Waals surface area (Å²) in [5.41, 5.74) is 7.27. The van der Waals surface area contributed by atoms with Crippen molar-refractivity contribution in [1.82, 2.24) is 0 Å². The molecule has 0 amide bonds. The number of benzene rings is 1. The van der Waals surface area contributed by atoms with E-state index in [-0.39, 0.29) is 11.4 Å². The molecular formula is C15H21ClFN. The van der Waals surface area contributed by atoms with Gasteiger partial charge in [0.1, 0.15) is 5.82 Å². The molecule has 1 aromatic carbocycles. The minimum atomic E-state index is -0.291. The smallest absolute Gasteiger partial charge is 0.124 e. The molecule has 0 saturated heterocycles. The van der Waals surface area contributed by atoms with Crippen LogP contribution in [0.25, 0.3) is 0 Å². The van der Waals surface area contributed by atoms with Gasteiger partial charge in [-0.2, -0.15) is 0 Å². The molecule has 100 valence electrons. The van der Waals surface area contributed by atoms with Crippen molar-refractivity contribution in [3.05, 3.63) is 34.6 Å². The summed E-state index contributed by atoms with van der Waals surface area (Å²) in [5.74, 6) is 1.09. The lowest BCUT2D eigenvalue weighted by Crippen LogP contribution is -2.47. The predicted octanol–water partition coefficient (Wildman–Crippen LogP) is 4.18. The molecule has 0 bridgehead atoms. The second kappa shape index (κ2) is 5.18. The molecule has 1 fully saturated rings. The molecule has 2 rings (SSSR count). The van der Waals surface area contributed by atoms with Crippen LogP contribution < -0.4 is 5.73 Å². The Kier molecular flexibility index (Phi) is 3.98. The summed E-state index contributed by atoms with van der Waals surface area (Å²) in [7, 11) is 0. The second-order valence-electron chi connectivity index (χ2n) is 5.97. The van der Waals surface area contributed by atoms with Crippen molar-refractivity contribution in [2.24, 2.45) is 17.6 Å². The molecule has 1 saturated carbocycles. The number of hydrogen-bond donors (Lipinski definition) is 1. The Morgan fingerprint density at radius 3 is 2.72 bits per heavy atom. The summed E-state index contributed by atoms with van der Waals surface area (Å²) < 4.78 is 13.0. The third-order valence-corrected chi connectivity index (χ3v) is 4.71. The molecule has 0 radical (unpaired) electrons. The molecule has 0 spiro atoms. The molecule has 1 aliphatic carbocycles. The lowest BCUT2D eigenvalue weighted by Gasteiger charge is -2.40. The van der Waals surface area contributed by atoms with Gasteiger partial charge in [-0.1, -0.05) is 31.5 Å². The van der Waals surface area contributed by atoms with Gasteiger partial charge in [0, 0.05) is 10.6 Å². The third kappa shape index (κ3) is 3.04. The summed E-state index contributed by atoms with van der Waals surface area (Å²) in [4.78, 5) is 0. The van der Waals surface area contributed by atoms with Gasteiger partial charge in [-0.25, -0.2) is 4.39 Å². The average molecular weight is 270 g/mol. The molecule has 18 heavy (non-hydrogen) atoms. The van der Waals surface area contributed by atoms with Gasteiger partial charge in [-0.3, -0.25) is 0 Å². The number of halogens is 2. The number of hydrogen-bond acceptors (Lipinski definition) is 1. The van der Waals surface area contributed by atoms with E-state index in [0.717, 1.165) is 37.2 Å². The fourth-order valence-electron chi connectivity index (χ4n) is 2.95. The first-order chi connectivity index (χ1) is 8.39. The predicted molar refractivity (Wildman–Crippen MR) is 74.2 cm³/mol. The zero-order valence-corrected chi connectivity index (χ0v) is 11.8. The van der Waals surface area contributed by atoms with Crippen LogP contribution in [0.1, 0.15) is 38.7 Å². The van der Waals surface area contributed by atoms with Crippen molar-refractivity contribution < 1.29 is 4.39 Å². The molecule has 3 unspecified atom stereocenters. The Morgan fingerprint density at radius 2 is 2.11 bits per heavy atom. The van der Waals surface area contributed by atoms with E-state index in [1.165, 1.54) is 12.1 Å². The van der Waals surface area contributed by atoms with Crippen LogP contribution in [0.3, 0.4) is 0 Å². The van der Waals surface area contributed by atoms with E-state index in [0.29, 0.717) is 10.9 Å². The minimum Gasteiger partial charge on any atom is -0.325 e. The molecule has 3 heteroatoms. The first kappa shape index (κ1) is 13.8. The lowest BCUT2D eigenvalue weighted by atomic mass is 9.69. The third-order valence-electron chi connectivity index (χ3n) is 4.36. The van der Waals surface area contributed by atoms with Gasteiger partial charge in [0.15, 0.2) is 0 Å². The lowest BCUT2D eigenvalue weighted by molar-refractivity contribution is 0.176. The highest BCUT2D eigenvalue weighted by Crippen LogP contribution is 2.37. The fraction of sp³-hybridized carbons (Fsp3) is 0.600. The van der Waals surface area contributed by atoms with E-state index in [1.54, 1.807) is 6.07 Å². The molecule has 1 aromatic rings. The van der Waals surface area contributed by atoms with E-state index >= 15 is 0 Å². The highest BCUT2D eigenvalue weighted by Gasteiger charge is 2.34.